The summed E-state index contributed by atoms with van der Waals surface area (Å²) in [4.78, 5) is 18.0. The average Bonchev–Trinajstić information content (AvgIpc) is 3.12. The molecule has 1 aromatic heterocycles. The second kappa shape index (κ2) is 8.96. The van der Waals surface area contributed by atoms with Crippen molar-refractivity contribution in [3.8, 4) is 0 Å². The number of benzene rings is 2. The predicted octanol–water partition coefficient (Wildman–Crippen LogP) is 4.92. The number of aromatic amines is 1. The van der Waals surface area contributed by atoms with Crippen LogP contribution >= 0.6 is 0 Å². The number of hydrogen-bond acceptors (Lipinski definition) is 2. The van der Waals surface area contributed by atoms with Crippen molar-refractivity contribution in [3.63, 3.8) is 0 Å². The van der Waals surface area contributed by atoms with Crippen molar-refractivity contribution in [2.45, 2.75) is 32.6 Å². The van der Waals surface area contributed by atoms with Crippen LogP contribution in [0, 0.1) is 5.92 Å². The van der Waals surface area contributed by atoms with Gasteiger partial charge in [-0.15, -0.1) is 0 Å². The van der Waals surface area contributed by atoms with Crippen molar-refractivity contribution in [2.24, 2.45) is 5.92 Å². The van der Waals surface area contributed by atoms with Crippen molar-refractivity contribution in [1.82, 2.24) is 10.3 Å². The Balaban J connectivity index is 1.91. The Hall–Kier alpha value is -2.75. The Labute approximate surface area is 167 Å². The SMILES string of the molecule is CCCC(C)C(=O)NCC(c1ccc(N(C)C)cc1)c1c[nH]c2ccccc12. The van der Waals surface area contributed by atoms with Crippen LogP contribution in [0.1, 0.15) is 43.7 Å². The van der Waals surface area contributed by atoms with Crippen LogP contribution in [-0.4, -0.2) is 31.5 Å². The second-order valence-corrected chi connectivity index (χ2v) is 7.76. The van der Waals surface area contributed by atoms with Gasteiger partial charge in [-0.1, -0.05) is 50.6 Å². The summed E-state index contributed by atoms with van der Waals surface area (Å²) in [6.45, 7) is 4.71. The first-order valence-electron chi connectivity index (χ1n) is 10.1. The zero-order chi connectivity index (χ0) is 20.1. The number of hydrogen-bond donors (Lipinski definition) is 2. The molecule has 4 heteroatoms. The van der Waals surface area contributed by atoms with Gasteiger partial charge in [0.1, 0.15) is 0 Å². The summed E-state index contributed by atoms with van der Waals surface area (Å²) in [5.74, 6) is 0.284. The van der Waals surface area contributed by atoms with Gasteiger partial charge in [0.05, 0.1) is 0 Å². The Morgan fingerprint density at radius 1 is 1.11 bits per heavy atom. The Morgan fingerprint density at radius 2 is 1.82 bits per heavy atom. The largest absolute Gasteiger partial charge is 0.378 e. The third-order valence-corrected chi connectivity index (χ3v) is 5.46. The highest BCUT2D eigenvalue weighted by Gasteiger charge is 2.20. The number of rotatable bonds is 8. The van der Waals surface area contributed by atoms with Gasteiger partial charge in [0, 0.05) is 55.3 Å². The maximum atomic E-state index is 12.5. The first-order valence-corrected chi connectivity index (χ1v) is 10.1. The maximum Gasteiger partial charge on any atom is 0.222 e. The van der Waals surface area contributed by atoms with Crippen LogP contribution in [-0.2, 0) is 4.79 Å². The van der Waals surface area contributed by atoms with Crippen LogP contribution in [0.4, 0.5) is 5.69 Å². The molecule has 0 saturated carbocycles. The van der Waals surface area contributed by atoms with E-state index >= 15 is 0 Å². The highest BCUT2D eigenvalue weighted by molar-refractivity contribution is 5.84. The lowest BCUT2D eigenvalue weighted by molar-refractivity contribution is -0.124. The summed E-state index contributed by atoms with van der Waals surface area (Å²) in [7, 11) is 4.09. The standard InChI is InChI=1S/C24H31N3O/c1-5-8-17(2)24(28)26-15-21(18-11-13-19(14-12-18)27(3)4)22-16-25-23-10-7-6-9-20(22)23/h6-7,9-14,16-17,21,25H,5,8,15H2,1-4H3,(H,26,28). The quantitative estimate of drug-likeness (QED) is 0.585. The third kappa shape index (κ3) is 4.38. The second-order valence-electron chi connectivity index (χ2n) is 7.76. The molecule has 0 spiro atoms. The Kier molecular flexibility index (Phi) is 6.40. The summed E-state index contributed by atoms with van der Waals surface area (Å²) in [5, 5.41) is 4.40. The van der Waals surface area contributed by atoms with E-state index in [9.17, 15) is 4.79 Å². The molecule has 1 heterocycles. The molecule has 0 aliphatic heterocycles. The summed E-state index contributed by atoms with van der Waals surface area (Å²) < 4.78 is 0. The number of aromatic nitrogens is 1. The van der Waals surface area contributed by atoms with Gasteiger partial charge >= 0.3 is 0 Å². The highest BCUT2D eigenvalue weighted by Crippen LogP contribution is 2.31. The normalized spacial score (nSPS) is 13.3. The summed E-state index contributed by atoms with van der Waals surface area (Å²) in [6.07, 6.45) is 4.02. The zero-order valence-corrected chi connectivity index (χ0v) is 17.3. The smallest absolute Gasteiger partial charge is 0.222 e. The zero-order valence-electron chi connectivity index (χ0n) is 17.3. The predicted molar refractivity (Wildman–Crippen MR) is 118 cm³/mol. The molecule has 1 amide bonds. The van der Waals surface area contributed by atoms with E-state index in [0.717, 1.165) is 18.4 Å². The van der Waals surface area contributed by atoms with Crippen LogP contribution in [0.2, 0.25) is 0 Å². The fourth-order valence-electron chi connectivity index (χ4n) is 3.74. The topological polar surface area (TPSA) is 48.1 Å². The molecule has 0 saturated heterocycles. The molecule has 0 radical (unpaired) electrons. The Bertz CT molecular complexity index is 911. The molecule has 2 atom stereocenters. The van der Waals surface area contributed by atoms with E-state index in [2.05, 4.69) is 70.8 Å². The van der Waals surface area contributed by atoms with Crippen LogP contribution in [0.5, 0.6) is 0 Å². The fraction of sp³-hybridized carbons (Fsp3) is 0.375. The van der Waals surface area contributed by atoms with Crippen LogP contribution < -0.4 is 10.2 Å². The van der Waals surface area contributed by atoms with Crippen LogP contribution in [0.25, 0.3) is 10.9 Å². The average molecular weight is 378 g/mol. The molecule has 2 N–H and O–H groups in total. The molecule has 0 aliphatic rings. The molecule has 148 valence electrons. The van der Waals surface area contributed by atoms with Gasteiger partial charge in [0.15, 0.2) is 0 Å². The molecule has 3 aromatic rings. The van der Waals surface area contributed by atoms with E-state index in [1.165, 1.54) is 22.2 Å². The maximum absolute atomic E-state index is 12.5. The first-order chi connectivity index (χ1) is 13.5. The summed E-state index contributed by atoms with van der Waals surface area (Å²) in [5.41, 5.74) is 4.72. The molecule has 2 aromatic carbocycles. The molecule has 28 heavy (non-hydrogen) atoms. The van der Waals surface area contributed by atoms with Crippen molar-refractivity contribution >= 4 is 22.5 Å². The number of nitrogens with zero attached hydrogens (tertiary/aromatic N) is 1. The van der Waals surface area contributed by atoms with Crippen molar-refractivity contribution < 1.29 is 4.79 Å². The van der Waals surface area contributed by atoms with E-state index in [0.29, 0.717) is 6.54 Å². The lowest BCUT2D eigenvalue weighted by Crippen LogP contribution is -2.33. The molecular weight excluding hydrogens is 346 g/mol. The van der Waals surface area contributed by atoms with E-state index in [1.54, 1.807) is 0 Å². The van der Waals surface area contributed by atoms with Gasteiger partial charge in [0.25, 0.3) is 0 Å². The number of anilines is 1. The number of amides is 1. The molecule has 0 fully saturated rings. The monoisotopic (exact) mass is 377 g/mol. The number of fused-ring (bicyclic) bond motifs is 1. The number of carbonyl (C=O) groups is 1. The highest BCUT2D eigenvalue weighted by atomic mass is 16.1. The lowest BCUT2D eigenvalue weighted by atomic mass is 9.90. The molecule has 0 aliphatic carbocycles. The number of carbonyl (C=O) groups excluding carboxylic acids is 1. The number of nitrogens with one attached hydrogen (secondary N) is 2. The van der Waals surface area contributed by atoms with Gasteiger partial charge in [-0.25, -0.2) is 0 Å². The lowest BCUT2D eigenvalue weighted by Gasteiger charge is -2.21. The fourth-order valence-corrected chi connectivity index (χ4v) is 3.74. The van der Waals surface area contributed by atoms with E-state index in [4.69, 9.17) is 0 Å². The van der Waals surface area contributed by atoms with Crippen molar-refractivity contribution in [1.29, 1.82) is 0 Å². The van der Waals surface area contributed by atoms with Crippen LogP contribution in [0.15, 0.2) is 54.7 Å². The molecule has 4 nitrogen and oxygen atoms in total. The molecule has 0 bridgehead atoms. The van der Waals surface area contributed by atoms with Gasteiger partial charge in [0.2, 0.25) is 5.91 Å². The van der Waals surface area contributed by atoms with E-state index in [-0.39, 0.29) is 17.7 Å². The molecule has 3 rings (SSSR count). The van der Waals surface area contributed by atoms with Crippen molar-refractivity contribution in [2.75, 3.05) is 25.5 Å². The summed E-state index contributed by atoms with van der Waals surface area (Å²) in [6, 6.07) is 17.0. The van der Waals surface area contributed by atoms with Crippen molar-refractivity contribution in [3.05, 3.63) is 65.9 Å². The number of para-hydroxylation sites is 1. The minimum Gasteiger partial charge on any atom is -0.378 e. The third-order valence-electron chi connectivity index (χ3n) is 5.46. The molecule has 2 unspecified atom stereocenters. The van der Waals surface area contributed by atoms with Gasteiger partial charge in [-0.2, -0.15) is 0 Å². The minimum absolute atomic E-state index is 0.0461. The van der Waals surface area contributed by atoms with E-state index in [1.807, 2.05) is 27.1 Å². The summed E-state index contributed by atoms with van der Waals surface area (Å²) >= 11 is 0. The van der Waals surface area contributed by atoms with Crippen LogP contribution in [0.3, 0.4) is 0 Å². The minimum atomic E-state index is 0.0461. The Morgan fingerprint density at radius 3 is 2.50 bits per heavy atom. The van der Waals surface area contributed by atoms with Gasteiger partial charge in [-0.05, 0) is 35.7 Å². The first kappa shape index (κ1) is 20.0. The van der Waals surface area contributed by atoms with Gasteiger partial charge < -0.3 is 15.2 Å². The van der Waals surface area contributed by atoms with E-state index < -0.39 is 0 Å². The van der Waals surface area contributed by atoms with Gasteiger partial charge in [-0.3, -0.25) is 4.79 Å². The number of H-pyrrole nitrogens is 1. The molecular formula is C24H31N3O.